The smallest absolute Gasteiger partial charge is 0.195 e. The van der Waals surface area contributed by atoms with Crippen LogP contribution in [0, 0.1) is 6.07 Å². The van der Waals surface area contributed by atoms with Crippen molar-refractivity contribution in [1.82, 2.24) is 0 Å². The van der Waals surface area contributed by atoms with Crippen molar-refractivity contribution in [1.29, 1.82) is 0 Å². The molecule has 0 N–H and O–H groups in total. The molecule has 1 rings (SSSR count). The summed E-state index contributed by atoms with van der Waals surface area (Å²) in [6.07, 6.45) is -8.38. The van der Waals surface area contributed by atoms with E-state index in [0.29, 0.717) is 0 Å². The summed E-state index contributed by atoms with van der Waals surface area (Å²) in [5, 5.41) is 0. The Bertz CT molecular complexity index is 670. The lowest BCUT2D eigenvalue weighted by molar-refractivity contribution is -0.436. The van der Waals surface area contributed by atoms with E-state index in [-0.39, 0.29) is 11.6 Å². The van der Waals surface area contributed by atoms with Crippen molar-refractivity contribution in [2.24, 2.45) is 0 Å². The van der Waals surface area contributed by atoms with E-state index in [1.54, 1.807) is 0 Å². The molecule has 0 bridgehead atoms. The highest BCUT2D eigenvalue weighted by Gasteiger charge is 2.90. The molecule has 27 heavy (non-hydrogen) atoms. The van der Waals surface area contributed by atoms with Crippen LogP contribution in [0.4, 0.5) is 57.1 Å². The van der Waals surface area contributed by atoms with Crippen LogP contribution in [0.5, 0.6) is 0 Å². The summed E-state index contributed by atoms with van der Waals surface area (Å²) < 4.78 is 167. The monoisotopic (exact) mass is 421 g/mol. The first-order chi connectivity index (χ1) is 11.8. The van der Waals surface area contributed by atoms with Crippen molar-refractivity contribution in [3.63, 3.8) is 0 Å². The number of rotatable bonds is 6. The second-order valence-electron chi connectivity index (χ2n) is 5.08. The number of alkyl halides is 13. The molecule has 0 atom stereocenters. The average molecular weight is 421 g/mol. The van der Waals surface area contributed by atoms with Gasteiger partial charge in [0.1, 0.15) is 0 Å². The van der Waals surface area contributed by atoms with Crippen LogP contribution in [0.2, 0.25) is 0 Å². The highest BCUT2D eigenvalue weighted by atomic mass is 19.4. The van der Waals surface area contributed by atoms with Gasteiger partial charge in [-0.1, -0.05) is 30.3 Å². The minimum Gasteiger partial charge on any atom is -0.195 e. The van der Waals surface area contributed by atoms with Gasteiger partial charge in [-0.25, -0.2) is 0 Å². The highest BCUT2D eigenvalue weighted by Crippen LogP contribution is 2.60. The first kappa shape index (κ1) is 23.1. The SMILES string of the molecule is FC(F)(F)C(F)(F)C(F)(F)C(F)(F)C(F)(F)C(F)(F)C=Cc1cc[c]cc1. The van der Waals surface area contributed by atoms with Gasteiger partial charge in [0.2, 0.25) is 0 Å². The molecule has 0 saturated carbocycles. The Labute approximate surface area is 142 Å². The number of benzene rings is 1. The molecule has 153 valence electrons. The lowest BCUT2D eigenvalue weighted by Gasteiger charge is -2.39. The van der Waals surface area contributed by atoms with Gasteiger partial charge in [0.25, 0.3) is 0 Å². The normalized spacial score (nSPS) is 15.4. The van der Waals surface area contributed by atoms with Crippen LogP contribution in [-0.4, -0.2) is 35.8 Å². The Morgan fingerprint density at radius 1 is 0.593 bits per heavy atom. The molecule has 0 spiro atoms. The first-order valence-electron chi connectivity index (χ1n) is 6.44. The second-order valence-corrected chi connectivity index (χ2v) is 5.08. The van der Waals surface area contributed by atoms with E-state index in [1.165, 1.54) is 0 Å². The molecule has 0 nitrogen and oxygen atoms in total. The van der Waals surface area contributed by atoms with Crippen LogP contribution in [0.1, 0.15) is 5.56 Å². The van der Waals surface area contributed by atoms with Crippen LogP contribution < -0.4 is 0 Å². The summed E-state index contributed by atoms with van der Waals surface area (Å²) in [5.74, 6) is -36.9. The zero-order valence-electron chi connectivity index (χ0n) is 12.4. The fourth-order valence-electron chi connectivity index (χ4n) is 1.60. The third-order valence-electron chi connectivity index (χ3n) is 3.19. The molecule has 0 unspecified atom stereocenters. The Hall–Kier alpha value is -1.95. The van der Waals surface area contributed by atoms with Gasteiger partial charge in [0.05, 0.1) is 0 Å². The maximum Gasteiger partial charge on any atom is 0.460 e. The lowest BCUT2D eigenvalue weighted by Crippen LogP contribution is -2.69. The largest absolute Gasteiger partial charge is 0.460 e. The zero-order valence-corrected chi connectivity index (χ0v) is 12.4. The molecule has 0 aliphatic rings. The Morgan fingerprint density at radius 3 is 1.41 bits per heavy atom. The average Bonchev–Trinajstić information content (AvgIpc) is 2.52. The first-order valence-corrected chi connectivity index (χ1v) is 6.44. The Morgan fingerprint density at radius 2 is 1.00 bits per heavy atom. The van der Waals surface area contributed by atoms with Gasteiger partial charge >= 0.3 is 35.8 Å². The fraction of sp³-hybridized carbons (Fsp3) is 0.429. The van der Waals surface area contributed by atoms with Crippen molar-refractivity contribution >= 4 is 6.08 Å². The summed E-state index contributed by atoms with van der Waals surface area (Å²) in [7, 11) is 0. The van der Waals surface area contributed by atoms with Crippen LogP contribution in [-0.2, 0) is 0 Å². The maximum atomic E-state index is 13.4. The lowest BCUT2D eigenvalue weighted by atomic mass is 9.93. The van der Waals surface area contributed by atoms with E-state index in [0.717, 1.165) is 24.3 Å². The molecule has 0 heterocycles. The topological polar surface area (TPSA) is 0 Å². The summed E-state index contributed by atoms with van der Waals surface area (Å²) >= 11 is 0. The van der Waals surface area contributed by atoms with Crippen molar-refractivity contribution in [2.75, 3.05) is 0 Å². The number of halogens is 13. The summed E-state index contributed by atoms with van der Waals surface area (Å²) in [5.41, 5.74) is -0.333. The van der Waals surface area contributed by atoms with Crippen LogP contribution in [0.25, 0.3) is 6.08 Å². The van der Waals surface area contributed by atoms with Crippen molar-refractivity contribution in [3.05, 3.63) is 42.0 Å². The number of allylic oxidation sites excluding steroid dienone is 1. The van der Waals surface area contributed by atoms with Gasteiger partial charge < -0.3 is 0 Å². The van der Waals surface area contributed by atoms with Gasteiger partial charge in [-0.15, -0.1) is 0 Å². The fourth-order valence-corrected chi connectivity index (χ4v) is 1.60. The molecule has 1 radical (unpaired) electrons. The molecule has 1 aromatic carbocycles. The van der Waals surface area contributed by atoms with E-state index in [2.05, 4.69) is 6.07 Å². The third-order valence-corrected chi connectivity index (χ3v) is 3.19. The molecule has 0 aliphatic heterocycles. The Balaban J connectivity index is 3.39. The molecule has 0 saturated heterocycles. The molecule has 13 heteroatoms. The number of hydrogen-bond acceptors (Lipinski definition) is 0. The van der Waals surface area contributed by atoms with Gasteiger partial charge in [-0.05, 0) is 17.7 Å². The van der Waals surface area contributed by atoms with Crippen LogP contribution >= 0.6 is 0 Å². The summed E-state index contributed by atoms with van der Waals surface area (Å²) in [4.78, 5) is 0. The van der Waals surface area contributed by atoms with E-state index < -0.39 is 41.9 Å². The van der Waals surface area contributed by atoms with Crippen molar-refractivity contribution < 1.29 is 57.1 Å². The highest BCUT2D eigenvalue weighted by molar-refractivity contribution is 5.50. The molecule has 1 aromatic rings. The van der Waals surface area contributed by atoms with E-state index in [9.17, 15) is 57.1 Å². The molecule has 0 aliphatic carbocycles. The van der Waals surface area contributed by atoms with Crippen LogP contribution in [0.15, 0.2) is 30.3 Å². The Kier molecular flexibility index (Phi) is 5.63. The van der Waals surface area contributed by atoms with E-state index >= 15 is 0 Å². The summed E-state index contributed by atoms with van der Waals surface area (Å²) in [6, 6.07) is 6.35. The van der Waals surface area contributed by atoms with Gasteiger partial charge in [-0.3, -0.25) is 0 Å². The molecule has 0 aromatic heterocycles. The number of hydrogen-bond donors (Lipinski definition) is 0. The van der Waals surface area contributed by atoms with E-state index in [4.69, 9.17) is 0 Å². The molecule has 0 fully saturated rings. The molecule has 0 amide bonds. The van der Waals surface area contributed by atoms with E-state index in [1.807, 2.05) is 0 Å². The van der Waals surface area contributed by atoms with Gasteiger partial charge in [0, 0.05) is 0 Å². The predicted molar refractivity (Wildman–Crippen MR) is 65.1 cm³/mol. The van der Waals surface area contributed by atoms with Crippen molar-refractivity contribution in [3.8, 4) is 0 Å². The second kappa shape index (κ2) is 6.59. The maximum absolute atomic E-state index is 13.4. The minimum absolute atomic E-state index is 0.0534. The molecular formula is C14H6F13. The van der Waals surface area contributed by atoms with Crippen LogP contribution in [0.3, 0.4) is 0 Å². The predicted octanol–water partition coefficient (Wildman–Crippen LogP) is 6.24. The van der Waals surface area contributed by atoms with Gasteiger partial charge in [-0.2, -0.15) is 57.1 Å². The van der Waals surface area contributed by atoms with Gasteiger partial charge in [0.15, 0.2) is 0 Å². The summed E-state index contributed by atoms with van der Waals surface area (Å²) in [6.45, 7) is 0. The minimum atomic E-state index is -7.89. The molecular weight excluding hydrogens is 415 g/mol. The quantitative estimate of drug-likeness (QED) is 0.478. The van der Waals surface area contributed by atoms with Crippen molar-refractivity contribution in [2.45, 2.75) is 35.8 Å². The standard InChI is InChI=1S/C14H6F13/c15-9(16,7-6-8-4-2-1-3-5-8)10(17,18)11(19,20)12(21,22)13(23,24)14(25,26)27/h2-7H. The zero-order chi connectivity index (χ0) is 21.5. The third kappa shape index (κ3) is 3.59.